The van der Waals surface area contributed by atoms with E-state index in [1.54, 1.807) is 0 Å². The van der Waals surface area contributed by atoms with Gasteiger partial charge in [0.15, 0.2) is 0 Å². The van der Waals surface area contributed by atoms with Gasteiger partial charge in [-0.25, -0.2) is 0 Å². The highest BCUT2D eigenvalue weighted by Crippen LogP contribution is 2.10. The number of methoxy groups -OCH3 is 2. The average Bonchev–Trinajstić information content (AvgIpc) is 2.89. The molecule has 218 valence electrons. The maximum absolute atomic E-state index is 11.1. The van der Waals surface area contributed by atoms with Crippen molar-refractivity contribution in [3.63, 3.8) is 0 Å². The van der Waals surface area contributed by atoms with Crippen LogP contribution in [0.2, 0.25) is 0 Å². The number of hydrogen-bond donors (Lipinski definition) is 0. The highest BCUT2D eigenvalue weighted by atomic mass is 16.5. The molecule has 37 heavy (non-hydrogen) atoms. The van der Waals surface area contributed by atoms with Crippen LogP contribution in [0, 0.1) is 0 Å². The molecular weight excluding hydrogens is 470 g/mol. The van der Waals surface area contributed by atoms with Crippen molar-refractivity contribution in [3.05, 3.63) is 12.2 Å². The molecule has 7 nitrogen and oxygen atoms in total. The van der Waals surface area contributed by atoms with Gasteiger partial charge >= 0.3 is 11.9 Å². The first-order valence-corrected chi connectivity index (χ1v) is 14.6. The van der Waals surface area contributed by atoms with E-state index in [0.717, 1.165) is 58.2 Å². The lowest BCUT2D eigenvalue weighted by molar-refractivity contribution is -0.141. The van der Waals surface area contributed by atoms with E-state index in [1.807, 2.05) is 0 Å². The summed E-state index contributed by atoms with van der Waals surface area (Å²) in [4.78, 5) is 24.3. The van der Waals surface area contributed by atoms with Gasteiger partial charge in [-0.1, -0.05) is 57.1 Å². The Kier molecular flexibility index (Phi) is 26.5. The lowest BCUT2D eigenvalue weighted by atomic mass is 10.1. The molecule has 0 saturated carbocycles. The fraction of sp³-hybridized carbons (Fsp3) is 0.867. The molecule has 0 aromatic heterocycles. The molecule has 0 aromatic rings. The number of rotatable bonds is 27. The SMILES string of the molecule is COC(=O)CCCCCC/C=C\CCCCCCCCOCC(COCCCCCC(=O)OC)N(C)C. The van der Waals surface area contributed by atoms with Crippen LogP contribution in [-0.2, 0) is 28.5 Å². The van der Waals surface area contributed by atoms with Crippen LogP contribution in [-0.4, -0.2) is 77.6 Å². The van der Waals surface area contributed by atoms with E-state index in [2.05, 4.69) is 40.6 Å². The zero-order valence-corrected chi connectivity index (χ0v) is 24.5. The Bertz CT molecular complexity index is 552. The minimum Gasteiger partial charge on any atom is -0.469 e. The summed E-state index contributed by atoms with van der Waals surface area (Å²) in [6.07, 6.45) is 22.8. The van der Waals surface area contributed by atoms with E-state index in [0.29, 0.717) is 26.1 Å². The molecule has 1 unspecified atom stereocenters. The number of carbonyl (C=O) groups excluding carboxylic acids is 2. The largest absolute Gasteiger partial charge is 0.469 e. The molecule has 0 amide bonds. The molecule has 0 aliphatic carbocycles. The maximum atomic E-state index is 11.1. The van der Waals surface area contributed by atoms with Gasteiger partial charge in [0.1, 0.15) is 0 Å². The molecule has 0 bridgehead atoms. The van der Waals surface area contributed by atoms with Crippen molar-refractivity contribution >= 4 is 11.9 Å². The minimum atomic E-state index is -0.136. The second kappa shape index (κ2) is 27.6. The number of ether oxygens (including phenoxy) is 4. The minimum absolute atomic E-state index is 0.0955. The lowest BCUT2D eigenvalue weighted by Crippen LogP contribution is -2.37. The van der Waals surface area contributed by atoms with Gasteiger partial charge in [0.05, 0.1) is 33.5 Å². The molecule has 7 heteroatoms. The average molecular weight is 528 g/mol. The Morgan fingerprint density at radius 1 is 0.595 bits per heavy atom. The number of allylic oxidation sites excluding steroid dienone is 2. The number of likely N-dealkylation sites (N-methyl/N-ethyl adjacent to an activating group) is 1. The third-order valence-corrected chi connectivity index (χ3v) is 6.55. The van der Waals surface area contributed by atoms with Gasteiger partial charge < -0.3 is 23.8 Å². The smallest absolute Gasteiger partial charge is 0.305 e. The summed E-state index contributed by atoms with van der Waals surface area (Å²) in [6, 6.07) is 0.273. The Morgan fingerprint density at radius 2 is 0.973 bits per heavy atom. The molecular formula is C30H57NO6. The number of esters is 2. The van der Waals surface area contributed by atoms with Crippen molar-refractivity contribution < 1.29 is 28.5 Å². The first-order valence-electron chi connectivity index (χ1n) is 14.6. The first kappa shape index (κ1) is 35.6. The van der Waals surface area contributed by atoms with Gasteiger partial charge in [-0.3, -0.25) is 9.59 Å². The van der Waals surface area contributed by atoms with Crippen LogP contribution in [0.3, 0.4) is 0 Å². The molecule has 0 saturated heterocycles. The van der Waals surface area contributed by atoms with E-state index in [1.165, 1.54) is 65.6 Å². The molecule has 0 N–H and O–H groups in total. The van der Waals surface area contributed by atoms with Crippen molar-refractivity contribution in [2.24, 2.45) is 0 Å². The topological polar surface area (TPSA) is 74.3 Å². The molecule has 0 aliphatic heterocycles. The van der Waals surface area contributed by atoms with Crippen LogP contribution < -0.4 is 0 Å². The quantitative estimate of drug-likeness (QED) is 0.0687. The Morgan fingerprint density at radius 3 is 1.41 bits per heavy atom. The van der Waals surface area contributed by atoms with Gasteiger partial charge in [0.2, 0.25) is 0 Å². The fourth-order valence-electron chi connectivity index (χ4n) is 3.93. The fourth-order valence-corrected chi connectivity index (χ4v) is 3.93. The van der Waals surface area contributed by atoms with Gasteiger partial charge in [-0.15, -0.1) is 0 Å². The van der Waals surface area contributed by atoms with Crippen LogP contribution in [0.25, 0.3) is 0 Å². The van der Waals surface area contributed by atoms with Gasteiger partial charge in [0.25, 0.3) is 0 Å². The maximum Gasteiger partial charge on any atom is 0.305 e. The number of unbranched alkanes of at least 4 members (excludes halogenated alkanes) is 12. The zero-order valence-electron chi connectivity index (χ0n) is 24.5. The van der Waals surface area contributed by atoms with E-state index in [9.17, 15) is 9.59 Å². The molecule has 1 atom stereocenters. The van der Waals surface area contributed by atoms with Crippen LogP contribution in [0.4, 0.5) is 0 Å². The number of carbonyl (C=O) groups is 2. The highest BCUT2D eigenvalue weighted by Gasteiger charge is 2.11. The van der Waals surface area contributed by atoms with Crippen molar-refractivity contribution in [2.45, 2.75) is 115 Å². The van der Waals surface area contributed by atoms with Crippen LogP contribution in [0.15, 0.2) is 12.2 Å². The molecule has 0 spiro atoms. The van der Waals surface area contributed by atoms with Crippen molar-refractivity contribution in [3.8, 4) is 0 Å². The predicted molar refractivity (Wildman–Crippen MR) is 151 cm³/mol. The Hall–Kier alpha value is -1.44. The van der Waals surface area contributed by atoms with E-state index < -0.39 is 0 Å². The monoisotopic (exact) mass is 527 g/mol. The van der Waals surface area contributed by atoms with E-state index >= 15 is 0 Å². The van der Waals surface area contributed by atoms with Crippen LogP contribution in [0.1, 0.15) is 109 Å². The molecule has 0 rings (SSSR count). The predicted octanol–water partition coefficient (Wildman–Crippen LogP) is 6.48. The third-order valence-electron chi connectivity index (χ3n) is 6.55. The van der Waals surface area contributed by atoms with E-state index in [-0.39, 0.29) is 18.0 Å². The number of nitrogens with zero attached hydrogens (tertiary/aromatic N) is 1. The summed E-state index contributed by atoms with van der Waals surface area (Å²) >= 11 is 0. The molecule has 0 heterocycles. The van der Waals surface area contributed by atoms with Gasteiger partial charge in [-0.2, -0.15) is 0 Å². The zero-order chi connectivity index (χ0) is 27.4. The summed E-state index contributed by atoms with van der Waals surface area (Å²) < 4.78 is 21.1. The molecule has 0 aromatic carbocycles. The standard InChI is InChI=1S/C30H57NO6/c1-31(2)28(27-37-25-21-17-19-23-30(33)35-4)26-36-24-20-16-14-12-10-8-6-5-7-9-11-13-15-18-22-29(32)34-3/h5,7,28H,6,8-27H2,1-4H3/b7-5-. The van der Waals surface area contributed by atoms with Crippen LogP contribution >= 0.6 is 0 Å². The first-order chi connectivity index (χ1) is 18.0. The molecule has 0 radical (unpaired) electrons. The Balaban J connectivity index is 3.45. The van der Waals surface area contributed by atoms with Crippen molar-refractivity contribution in [1.29, 1.82) is 0 Å². The van der Waals surface area contributed by atoms with Gasteiger partial charge in [-0.05, 0) is 65.5 Å². The third kappa shape index (κ3) is 26.0. The lowest BCUT2D eigenvalue weighted by Gasteiger charge is -2.24. The second-order valence-electron chi connectivity index (χ2n) is 10.1. The summed E-state index contributed by atoms with van der Waals surface area (Å²) in [5.74, 6) is -0.232. The number of hydrogen-bond acceptors (Lipinski definition) is 7. The highest BCUT2D eigenvalue weighted by molar-refractivity contribution is 5.69. The van der Waals surface area contributed by atoms with Crippen molar-refractivity contribution in [2.75, 3.05) is 54.7 Å². The van der Waals surface area contributed by atoms with Crippen LogP contribution in [0.5, 0.6) is 0 Å². The van der Waals surface area contributed by atoms with E-state index in [4.69, 9.17) is 9.47 Å². The summed E-state index contributed by atoms with van der Waals surface area (Å²) in [5.41, 5.74) is 0. The van der Waals surface area contributed by atoms with Gasteiger partial charge in [0, 0.05) is 26.1 Å². The normalized spacial score (nSPS) is 12.4. The summed E-state index contributed by atoms with van der Waals surface area (Å²) in [7, 11) is 7.02. The molecule has 0 fully saturated rings. The molecule has 0 aliphatic rings. The Labute approximate surface area is 227 Å². The summed E-state index contributed by atoms with van der Waals surface area (Å²) in [6.45, 7) is 2.93. The second-order valence-corrected chi connectivity index (χ2v) is 10.1. The van der Waals surface area contributed by atoms with Crippen molar-refractivity contribution in [1.82, 2.24) is 4.90 Å². The summed E-state index contributed by atoms with van der Waals surface area (Å²) in [5, 5.41) is 0.